The lowest BCUT2D eigenvalue weighted by Gasteiger charge is -2.14. The number of aliphatic hydroxyl groups excluding tert-OH is 1. The van der Waals surface area contributed by atoms with Crippen molar-refractivity contribution in [3.63, 3.8) is 0 Å². The molecular formula is C20H22N6O4. The summed E-state index contributed by atoms with van der Waals surface area (Å²) in [6.45, 7) is -2.96. The normalized spacial score (nSPS) is 15.1. The maximum Gasteiger partial charge on any atom is 0.254 e. The molecule has 0 radical (unpaired) electrons. The van der Waals surface area contributed by atoms with Crippen molar-refractivity contribution in [2.45, 2.75) is 19.4 Å². The van der Waals surface area contributed by atoms with Crippen molar-refractivity contribution >= 4 is 34.5 Å². The van der Waals surface area contributed by atoms with Gasteiger partial charge in [-0.3, -0.25) is 9.59 Å². The molecular weight excluding hydrogens is 388 g/mol. The summed E-state index contributed by atoms with van der Waals surface area (Å²) < 4.78 is 29.0. The number of pyridine rings is 2. The molecule has 30 heavy (non-hydrogen) atoms. The molecule has 0 bridgehead atoms. The van der Waals surface area contributed by atoms with Crippen LogP contribution < -0.4 is 20.7 Å². The van der Waals surface area contributed by atoms with Gasteiger partial charge in [0.05, 0.1) is 36.9 Å². The Morgan fingerprint density at radius 1 is 1.37 bits per heavy atom. The van der Waals surface area contributed by atoms with Crippen LogP contribution in [-0.4, -0.2) is 45.6 Å². The maximum absolute atomic E-state index is 12.6. The third-order valence-electron chi connectivity index (χ3n) is 4.82. The number of hydrogen-bond donors (Lipinski definition) is 4. The zero-order valence-electron chi connectivity index (χ0n) is 19.1. The number of methoxy groups -OCH3 is 1. The van der Waals surface area contributed by atoms with E-state index < -0.39 is 12.9 Å². The van der Waals surface area contributed by atoms with Crippen molar-refractivity contribution in [3.05, 3.63) is 41.9 Å². The number of nitrogens with one attached hydrogen (secondary N) is 3. The van der Waals surface area contributed by atoms with Gasteiger partial charge in [0.25, 0.3) is 5.91 Å². The standard InChI is InChI=1S/C20H22N6O4/c1-21-20(29)13-8-22-16(25-19(28)11-3-4-11)7-14(13)24-15-9-23-26-6-5-12(10-27)18(30-2)17(15)26/h5-9,11,27H,3-4,10H2,1-2H3,(H,21,29)(H2,22,24,25,28)/i1D3. The third-order valence-corrected chi connectivity index (χ3v) is 4.82. The van der Waals surface area contributed by atoms with Crippen molar-refractivity contribution in [3.8, 4) is 5.75 Å². The number of amides is 2. The summed E-state index contributed by atoms with van der Waals surface area (Å²) in [7, 11) is 1.46. The molecule has 3 heterocycles. The SMILES string of the molecule is [2H]C([2H])([2H])NC(=O)c1cnc(NC(=O)C2CC2)cc1Nc1cnn2ccc(CO)c(OC)c12. The molecule has 156 valence electrons. The average Bonchev–Trinajstić information content (AvgIpc) is 3.54. The van der Waals surface area contributed by atoms with Crippen molar-refractivity contribution in [1.29, 1.82) is 0 Å². The quantitative estimate of drug-likeness (QED) is 0.464. The van der Waals surface area contributed by atoms with E-state index in [-0.39, 0.29) is 35.5 Å². The zero-order valence-corrected chi connectivity index (χ0v) is 16.1. The number of carbonyl (C=O) groups excluding carboxylic acids is 2. The van der Waals surface area contributed by atoms with E-state index in [1.165, 1.54) is 30.1 Å². The highest BCUT2D eigenvalue weighted by atomic mass is 16.5. The van der Waals surface area contributed by atoms with Gasteiger partial charge in [0, 0.05) is 41.0 Å². The second-order valence-electron chi connectivity index (χ2n) is 6.84. The van der Waals surface area contributed by atoms with E-state index in [9.17, 15) is 14.7 Å². The highest BCUT2D eigenvalue weighted by Crippen LogP contribution is 2.34. The fourth-order valence-electron chi connectivity index (χ4n) is 3.13. The summed E-state index contributed by atoms with van der Waals surface area (Å²) in [6.07, 6.45) is 5.95. The molecule has 0 aromatic carbocycles. The first-order valence-electron chi connectivity index (χ1n) is 10.7. The lowest BCUT2D eigenvalue weighted by molar-refractivity contribution is -0.117. The first kappa shape index (κ1) is 16.2. The van der Waals surface area contributed by atoms with E-state index >= 15 is 0 Å². The Labute approximate surface area is 176 Å². The Kier molecular flexibility index (Phi) is 4.31. The van der Waals surface area contributed by atoms with Crippen LogP contribution in [0.1, 0.15) is 32.9 Å². The Morgan fingerprint density at radius 3 is 2.90 bits per heavy atom. The van der Waals surface area contributed by atoms with Crippen LogP contribution in [0.5, 0.6) is 5.75 Å². The Bertz CT molecular complexity index is 1220. The van der Waals surface area contributed by atoms with Gasteiger partial charge < -0.3 is 25.8 Å². The lowest BCUT2D eigenvalue weighted by Crippen LogP contribution is -2.20. The highest BCUT2D eigenvalue weighted by molar-refractivity contribution is 6.02. The molecule has 1 aliphatic carbocycles. The number of hydrogen-bond acceptors (Lipinski definition) is 7. The van der Waals surface area contributed by atoms with Gasteiger partial charge in [0.2, 0.25) is 5.91 Å². The number of anilines is 3. The van der Waals surface area contributed by atoms with E-state index in [1.54, 1.807) is 12.3 Å². The van der Waals surface area contributed by atoms with E-state index in [4.69, 9.17) is 8.85 Å². The molecule has 0 spiro atoms. The van der Waals surface area contributed by atoms with Crippen LogP contribution in [0.25, 0.3) is 5.52 Å². The van der Waals surface area contributed by atoms with E-state index in [0.717, 1.165) is 12.8 Å². The van der Waals surface area contributed by atoms with Gasteiger partial charge in [0.15, 0.2) is 5.75 Å². The van der Waals surface area contributed by atoms with Crippen molar-refractivity contribution in [2.24, 2.45) is 5.92 Å². The molecule has 3 aromatic heterocycles. The summed E-state index contributed by atoms with van der Waals surface area (Å²) in [5.74, 6) is -0.505. The molecule has 0 unspecified atom stereocenters. The molecule has 10 nitrogen and oxygen atoms in total. The molecule has 10 heteroatoms. The molecule has 0 aliphatic heterocycles. The van der Waals surface area contributed by atoms with Crippen molar-refractivity contribution in [1.82, 2.24) is 19.9 Å². The predicted octanol–water partition coefficient (Wildman–Crippen LogP) is 1.68. The summed E-state index contributed by atoms with van der Waals surface area (Å²) in [5, 5.41) is 21.6. The first-order valence-corrected chi connectivity index (χ1v) is 9.24. The minimum atomic E-state index is -2.70. The van der Waals surface area contributed by atoms with Crippen LogP contribution in [0.4, 0.5) is 17.2 Å². The Morgan fingerprint density at radius 2 is 2.20 bits per heavy atom. The molecule has 0 saturated heterocycles. The van der Waals surface area contributed by atoms with E-state index in [1.807, 2.05) is 5.32 Å². The third kappa shape index (κ3) is 3.64. The van der Waals surface area contributed by atoms with Crippen LogP contribution in [0.3, 0.4) is 0 Å². The summed E-state index contributed by atoms with van der Waals surface area (Å²) in [5.41, 5.74) is 1.60. The Balaban J connectivity index is 1.75. The summed E-state index contributed by atoms with van der Waals surface area (Å²) >= 11 is 0. The largest absolute Gasteiger partial charge is 0.494 e. The number of fused-ring (bicyclic) bond motifs is 1. The second kappa shape index (κ2) is 7.99. The highest BCUT2D eigenvalue weighted by Gasteiger charge is 2.30. The van der Waals surface area contributed by atoms with Gasteiger partial charge in [0.1, 0.15) is 11.3 Å². The van der Waals surface area contributed by atoms with Gasteiger partial charge in [-0.25, -0.2) is 9.50 Å². The smallest absolute Gasteiger partial charge is 0.254 e. The number of rotatable bonds is 7. The van der Waals surface area contributed by atoms with E-state index in [0.29, 0.717) is 22.5 Å². The van der Waals surface area contributed by atoms with Crippen LogP contribution in [0, 0.1) is 5.92 Å². The minimum Gasteiger partial charge on any atom is -0.494 e. The van der Waals surface area contributed by atoms with Gasteiger partial charge in [-0.15, -0.1) is 0 Å². The number of aromatic nitrogens is 3. The number of ether oxygens (including phenoxy) is 1. The minimum absolute atomic E-state index is 0.0489. The summed E-state index contributed by atoms with van der Waals surface area (Å²) in [4.78, 5) is 28.9. The Hall–Kier alpha value is -3.66. The maximum atomic E-state index is 12.6. The average molecular weight is 413 g/mol. The molecule has 1 aliphatic rings. The molecule has 2 amide bonds. The first-order chi connectivity index (χ1) is 15.7. The fraction of sp³-hybridized carbons (Fsp3) is 0.300. The van der Waals surface area contributed by atoms with Crippen LogP contribution >= 0.6 is 0 Å². The monoisotopic (exact) mass is 413 g/mol. The molecule has 1 saturated carbocycles. The van der Waals surface area contributed by atoms with Crippen LogP contribution in [0.2, 0.25) is 0 Å². The molecule has 1 fully saturated rings. The molecule has 3 aromatic rings. The fourth-order valence-corrected chi connectivity index (χ4v) is 3.13. The van der Waals surface area contributed by atoms with Gasteiger partial charge >= 0.3 is 0 Å². The zero-order chi connectivity index (χ0) is 23.8. The van der Waals surface area contributed by atoms with Gasteiger partial charge in [-0.1, -0.05) is 0 Å². The topological polar surface area (TPSA) is 130 Å². The molecule has 4 N–H and O–H groups in total. The van der Waals surface area contributed by atoms with Crippen molar-refractivity contribution in [2.75, 3.05) is 24.7 Å². The predicted molar refractivity (Wildman–Crippen MR) is 110 cm³/mol. The number of nitrogens with zero attached hydrogens (tertiary/aromatic N) is 3. The number of aliphatic hydroxyl groups is 1. The number of carbonyl (C=O) groups is 2. The van der Waals surface area contributed by atoms with Gasteiger partial charge in [-0.2, -0.15) is 5.10 Å². The van der Waals surface area contributed by atoms with Crippen LogP contribution in [0.15, 0.2) is 30.7 Å². The summed E-state index contributed by atoms with van der Waals surface area (Å²) in [6, 6.07) is 3.11. The van der Waals surface area contributed by atoms with Crippen molar-refractivity contribution < 1.29 is 23.5 Å². The molecule has 4 rings (SSSR count). The molecule has 0 atom stereocenters. The second-order valence-corrected chi connectivity index (χ2v) is 6.84. The van der Waals surface area contributed by atoms with E-state index in [2.05, 4.69) is 20.7 Å². The van der Waals surface area contributed by atoms with Gasteiger partial charge in [-0.05, 0) is 18.9 Å². The lowest BCUT2D eigenvalue weighted by atomic mass is 10.2. The van der Waals surface area contributed by atoms with Crippen LogP contribution in [-0.2, 0) is 11.4 Å².